The number of hydrogen-bond acceptors (Lipinski definition) is 6. The summed E-state index contributed by atoms with van der Waals surface area (Å²) in [5, 5.41) is 14.0. The molecule has 2 aromatic carbocycles. The molecule has 2 amide bonds. The quantitative estimate of drug-likeness (QED) is 0.492. The van der Waals surface area contributed by atoms with Crippen LogP contribution in [0, 0.1) is 5.82 Å². The van der Waals surface area contributed by atoms with Crippen LogP contribution in [0.25, 0.3) is 0 Å². The third-order valence-corrected chi connectivity index (χ3v) is 5.23. The smallest absolute Gasteiger partial charge is 0.234 e. The summed E-state index contributed by atoms with van der Waals surface area (Å²) in [6.07, 6.45) is 0.0278. The SMILES string of the molecule is CCn1c(CC(=O)Nc2cccc(OC)c2)nnc1SCC(=O)Nc1ccccc1F. The van der Waals surface area contributed by atoms with E-state index in [1.165, 1.54) is 23.9 Å². The lowest BCUT2D eigenvalue weighted by molar-refractivity contribution is -0.116. The number of nitrogens with one attached hydrogen (secondary N) is 2. The highest BCUT2D eigenvalue weighted by Crippen LogP contribution is 2.20. The van der Waals surface area contributed by atoms with Gasteiger partial charge in [-0.15, -0.1) is 10.2 Å². The Bertz CT molecular complexity index is 1070. The number of rotatable bonds is 9. The first kappa shape index (κ1) is 22.3. The largest absolute Gasteiger partial charge is 0.497 e. The van der Waals surface area contributed by atoms with Crippen molar-refractivity contribution >= 4 is 35.0 Å². The zero-order chi connectivity index (χ0) is 22.2. The Morgan fingerprint density at radius 1 is 1.10 bits per heavy atom. The van der Waals surface area contributed by atoms with Crippen LogP contribution in [-0.2, 0) is 22.6 Å². The molecule has 0 aliphatic rings. The second kappa shape index (κ2) is 10.6. The molecule has 0 radical (unpaired) electrons. The number of halogens is 1. The molecular weight excluding hydrogens is 421 g/mol. The molecule has 1 heterocycles. The molecule has 10 heteroatoms. The summed E-state index contributed by atoms with van der Waals surface area (Å²) in [5.41, 5.74) is 0.742. The lowest BCUT2D eigenvalue weighted by Crippen LogP contribution is -2.18. The molecule has 31 heavy (non-hydrogen) atoms. The van der Waals surface area contributed by atoms with Crippen molar-refractivity contribution in [3.63, 3.8) is 0 Å². The number of methoxy groups -OCH3 is 1. The fraction of sp³-hybridized carbons (Fsp3) is 0.238. The van der Waals surface area contributed by atoms with E-state index in [9.17, 15) is 14.0 Å². The fourth-order valence-electron chi connectivity index (χ4n) is 2.80. The Balaban J connectivity index is 1.59. The average molecular weight is 444 g/mol. The van der Waals surface area contributed by atoms with Crippen LogP contribution < -0.4 is 15.4 Å². The molecule has 0 atom stereocenters. The number of benzene rings is 2. The van der Waals surface area contributed by atoms with Crippen LogP contribution in [0.15, 0.2) is 53.7 Å². The first-order chi connectivity index (χ1) is 15.0. The van der Waals surface area contributed by atoms with Gasteiger partial charge in [0.15, 0.2) is 5.16 Å². The van der Waals surface area contributed by atoms with E-state index < -0.39 is 5.82 Å². The van der Waals surface area contributed by atoms with Gasteiger partial charge in [-0.1, -0.05) is 30.0 Å². The Kier molecular flexibility index (Phi) is 7.60. The molecule has 2 N–H and O–H groups in total. The second-order valence-corrected chi connectivity index (χ2v) is 7.36. The molecule has 0 unspecified atom stereocenters. The van der Waals surface area contributed by atoms with Gasteiger partial charge in [-0.2, -0.15) is 0 Å². The predicted molar refractivity (Wildman–Crippen MR) is 117 cm³/mol. The summed E-state index contributed by atoms with van der Waals surface area (Å²) < 4.78 is 20.6. The van der Waals surface area contributed by atoms with E-state index in [-0.39, 0.29) is 29.7 Å². The summed E-state index contributed by atoms with van der Waals surface area (Å²) in [7, 11) is 1.56. The minimum atomic E-state index is -0.498. The van der Waals surface area contributed by atoms with Crippen molar-refractivity contribution in [2.24, 2.45) is 0 Å². The Hall–Kier alpha value is -3.40. The van der Waals surface area contributed by atoms with E-state index >= 15 is 0 Å². The summed E-state index contributed by atoms with van der Waals surface area (Å²) in [6.45, 7) is 2.43. The highest BCUT2D eigenvalue weighted by molar-refractivity contribution is 7.99. The Labute approximate surface area is 183 Å². The van der Waals surface area contributed by atoms with Gasteiger partial charge >= 0.3 is 0 Å². The third kappa shape index (κ3) is 6.05. The number of carbonyl (C=O) groups excluding carboxylic acids is 2. The maximum Gasteiger partial charge on any atom is 0.234 e. The second-order valence-electron chi connectivity index (χ2n) is 6.42. The Morgan fingerprint density at radius 3 is 2.65 bits per heavy atom. The van der Waals surface area contributed by atoms with Crippen molar-refractivity contribution in [1.82, 2.24) is 14.8 Å². The molecule has 0 spiro atoms. The van der Waals surface area contributed by atoms with Crippen LogP contribution in [0.2, 0.25) is 0 Å². The number of thioether (sulfide) groups is 1. The van der Waals surface area contributed by atoms with Crippen LogP contribution >= 0.6 is 11.8 Å². The lowest BCUT2D eigenvalue weighted by Gasteiger charge is -2.09. The van der Waals surface area contributed by atoms with E-state index in [0.29, 0.717) is 29.0 Å². The first-order valence-electron chi connectivity index (χ1n) is 9.53. The molecule has 0 bridgehead atoms. The molecular formula is C21H22FN5O3S. The predicted octanol–water partition coefficient (Wildman–Crippen LogP) is 3.36. The zero-order valence-electron chi connectivity index (χ0n) is 17.1. The lowest BCUT2D eigenvalue weighted by atomic mass is 10.3. The third-order valence-electron chi connectivity index (χ3n) is 4.26. The van der Waals surface area contributed by atoms with Gasteiger partial charge in [0, 0.05) is 18.3 Å². The molecule has 0 aliphatic carbocycles. The molecule has 0 fully saturated rings. The maximum atomic E-state index is 13.7. The van der Waals surface area contributed by atoms with Crippen molar-refractivity contribution in [2.45, 2.75) is 25.0 Å². The van der Waals surface area contributed by atoms with Crippen molar-refractivity contribution in [2.75, 3.05) is 23.5 Å². The molecule has 1 aromatic heterocycles. The summed E-state index contributed by atoms with van der Waals surface area (Å²) in [6, 6.07) is 13.0. The Morgan fingerprint density at radius 2 is 1.90 bits per heavy atom. The monoisotopic (exact) mass is 443 g/mol. The topological polar surface area (TPSA) is 98.1 Å². The van der Waals surface area contributed by atoms with Gasteiger partial charge in [-0.3, -0.25) is 9.59 Å². The number of hydrogen-bond donors (Lipinski definition) is 2. The molecule has 0 aliphatic heterocycles. The van der Waals surface area contributed by atoms with Gasteiger partial charge in [-0.25, -0.2) is 4.39 Å². The van der Waals surface area contributed by atoms with Gasteiger partial charge in [0.1, 0.15) is 17.4 Å². The van der Waals surface area contributed by atoms with E-state index in [1.54, 1.807) is 48.1 Å². The fourth-order valence-corrected chi connectivity index (χ4v) is 3.62. The number of anilines is 2. The number of para-hydroxylation sites is 1. The van der Waals surface area contributed by atoms with E-state index in [0.717, 1.165) is 0 Å². The van der Waals surface area contributed by atoms with Crippen molar-refractivity contribution < 1.29 is 18.7 Å². The standard InChI is InChI=1S/C21H22FN5O3S/c1-3-27-18(12-19(28)23-14-7-6-8-15(11-14)30-2)25-26-21(27)31-13-20(29)24-17-10-5-4-9-16(17)22/h4-11H,3,12-13H2,1-2H3,(H,23,28)(H,24,29). The highest BCUT2D eigenvalue weighted by Gasteiger charge is 2.16. The van der Waals surface area contributed by atoms with Crippen LogP contribution in [0.5, 0.6) is 5.75 Å². The zero-order valence-corrected chi connectivity index (χ0v) is 17.9. The minimum Gasteiger partial charge on any atom is -0.497 e. The van der Waals surface area contributed by atoms with E-state index in [1.807, 2.05) is 6.92 Å². The molecule has 3 rings (SSSR count). The normalized spacial score (nSPS) is 10.5. The molecule has 162 valence electrons. The number of carbonyl (C=O) groups is 2. The minimum absolute atomic E-state index is 0.0278. The van der Waals surface area contributed by atoms with Gasteiger partial charge in [-0.05, 0) is 31.2 Å². The maximum absolute atomic E-state index is 13.7. The van der Waals surface area contributed by atoms with Crippen LogP contribution in [0.1, 0.15) is 12.7 Å². The van der Waals surface area contributed by atoms with Crippen LogP contribution in [0.4, 0.5) is 15.8 Å². The highest BCUT2D eigenvalue weighted by atomic mass is 32.2. The van der Waals surface area contributed by atoms with Crippen LogP contribution in [0.3, 0.4) is 0 Å². The van der Waals surface area contributed by atoms with Crippen LogP contribution in [-0.4, -0.2) is 39.4 Å². The molecule has 0 saturated heterocycles. The molecule has 3 aromatic rings. The van der Waals surface area contributed by atoms with Crippen molar-refractivity contribution in [1.29, 1.82) is 0 Å². The first-order valence-corrected chi connectivity index (χ1v) is 10.5. The molecule has 0 saturated carbocycles. The van der Waals surface area contributed by atoms with Gasteiger partial charge < -0.3 is 19.9 Å². The van der Waals surface area contributed by atoms with Gasteiger partial charge in [0.05, 0.1) is 25.0 Å². The number of amides is 2. The summed E-state index contributed by atoms with van der Waals surface area (Å²) >= 11 is 1.17. The number of aromatic nitrogens is 3. The summed E-state index contributed by atoms with van der Waals surface area (Å²) in [5.74, 6) is 0.0496. The van der Waals surface area contributed by atoms with Gasteiger partial charge in [0.25, 0.3) is 0 Å². The number of ether oxygens (including phenoxy) is 1. The molecule has 8 nitrogen and oxygen atoms in total. The van der Waals surface area contributed by atoms with E-state index in [2.05, 4.69) is 20.8 Å². The average Bonchev–Trinajstić information content (AvgIpc) is 3.15. The van der Waals surface area contributed by atoms with Crippen molar-refractivity contribution in [3.8, 4) is 5.75 Å². The van der Waals surface area contributed by atoms with E-state index in [4.69, 9.17) is 4.74 Å². The summed E-state index contributed by atoms with van der Waals surface area (Å²) in [4.78, 5) is 24.6. The number of nitrogens with zero attached hydrogens (tertiary/aromatic N) is 3. The van der Waals surface area contributed by atoms with Crippen molar-refractivity contribution in [3.05, 3.63) is 60.2 Å². The van der Waals surface area contributed by atoms with Gasteiger partial charge in [0.2, 0.25) is 11.8 Å².